The predicted molar refractivity (Wildman–Crippen MR) is 65.6 cm³/mol. The maximum atomic E-state index is 11.7. The first-order valence-electron chi connectivity index (χ1n) is 5.92. The van der Waals surface area contributed by atoms with Gasteiger partial charge in [0.15, 0.2) is 5.69 Å². The van der Waals surface area contributed by atoms with E-state index in [1.54, 1.807) is 0 Å². The van der Waals surface area contributed by atoms with Crippen LogP contribution in [0.4, 0.5) is 5.69 Å². The predicted octanol–water partition coefficient (Wildman–Crippen LogP) is 0.447. The van der Waals surface area contributed by atoms with Gasteiger partial charge in [0.05, 0.1) is 11.4 Å². The number of aliphatic hydroxyl groups excluding tert-OH is 1. The molecule has 6 heteroatoms. The van der Waals surface area contributed by atoms with Gasteiger partial charge >= 0.3 is 0 Å². The number of anilines is 1. The van der Waals surface area contributed by atoms with E-state index >= 15 is 0 Å². The number of nitrogens with one attached hydrogen (secondary N) is 2. The van der Waals surface area contributed by atoms with Crippen LogP contribution in [0, 0.1) is 0 Å². The topological polar surface area (TPSA) is 104 Å². The number of nitrogens with two attached hydrogens (primary N) is 1. The van der Waals surface area contributed by atoms with E-state index in [4.69, 9.17) is 10.8 Å². The van der Waals surface area contributed by atoms with Gasteiger partial charge in [-0.2, -0.15) is 5.10 Å². The second kappa shape index (κ2) is 6.90. The van der Waals surface area contributed by atoms with Crippen LogP contribution >= 0.6 is 0 Å². The summed E-state index contributed by atoms with van der Waals surface area (Å²) in [7, 11) is 0. The number of hydrogen-bond acceptors (Lipinski definition) is 4. The highest BCUT2D eigenvalue weighted by Gasteiger charge is 2.15. The van der Waals surface area contributed by atoms with Crippen LogP contribution in [0.25, 0.3) is 0 Å². The van der Waals surface area contributed by atoms with Crippen LogP contribution in [0.15, 0.2) is 0 Å². The number of nitrogens with zero attached hydrogens (tertiary/aromatic N) is 1. The largest absolute Gasteiger partial charge is 0.396 e. The molecule has 1 aromatic rings. The van der Waals surface area contributed by atoms with Crippen molar-refractivity contribution in [3.05, 3.63) is 11.4 Å². The summed E-state index contributed by atoms with van der Waals surface area (Å²) in [6, 6.07) is 0. The van der Waals surface area contributed by atoms with E-state index in [1.807, 2.05) is 6.92 Å². The van der Waals surface area contributed by atoms with E-state index < -0.39 is 0 Å². The second-order valence-corrected chi connectivity index (χ2v) is 3.86. The number of hydrogen-bond donors (Lipinski definition) is 4. The zero-order valence-electron chi connectivity index (χ0n) is 10.1. The van der Waals surface area contributed by atoms with Crippen LogP contribution in [0.1, 0.15) is 42.4 Å². The van der Waals surface area contributed by atoms with Gasteiger partial charge in [0, 0.05) is 13.2 Å². The molecule has 0 aliphatic heterocycles. The number of aliphatic hydroxyl groups is 1. The number of rotatable bonds is 7. The lowest BCUT2D eigenvalue weighted by Gasteiger charge is -2.03. The summed E-state index contributed by atoms with van der Waals surface area (Å²) in [5.74, 6) is -0.248. The lowest BCUT2D eigenvalue weighted by molar-refractivity contribution is 0.0948. The minimum absolute atomic E-state index is 0.195. The molecule has 0 aliphatic carbocycles. The number of aryl methyl sites for hydroxylation is 1. The zero-order chi connectivity index (χ0) is 12.7. The lowest BCUT2D eigenvalue weighted by atomic mass is 10.2. The third-order valence-corrected chi connectivity index (χ3v) is 2.57. The van der Waals surface area contributed by atoms with Crippen LogP contribution in [0.3, 0.4) is 0 Å². The SMILES string of the molecule is CCc1[nH]nc(C(=O)NCCCCCO)c1N. The number of unbranched alkanes of at least 4 members (excludes halogenated alkanes) is 2. The van der Waals surface area contributed by atoms with Gasteiger partial charge in [-0.05, 0) is 25.7 Å². The third-order valence-electron chi connectivity index (χ3n) is 2.57. The highest BCUT2D eigenvalue weighted by atomic mass is 16.2. The van der Waals surface area contributed by atoms with Crippen molar-refractivity contribution in [1.29, 1.82) is 0 Å². The van der Waals surface area contributed by atoms with Crippen molar-refractivity contribution in [3.63, 3.8) is 0 Å². The molecular weight excluding hydrogens is 220 g/mol. The van der Waals surface area contributed by atoms with Crippen molar-refractivity contribution in [2.45, 2.75) is 32.6 Å². The Hall–Kier alpha value is -1.56. The second-order valence-electron chi connectivity index (χ2n) is 3.86. The molecule has 17 heavy (non-hydrogen) atoms. The van der Waals surface area contributed by atoms with Gasteiger partial charge in [0.25, 0.3) is 5.91 Å². The number of carbonyl (C=O) groups is 1. The molecule has 1 amide bonds. The summed E-state index contributed by atoms with van der Waals surface area (Å²) >= 11 is 0. The molecule has 0 bridgehead atoms. The van der Waals surface area contributed by atoms with Crippen molar-refractivity contribution in [1.82, 2.24) is 15.5 Å². The summed E-state index contributed by atoms with van der Waals surface area (Å²) in [6.45, 7) is 2.72. The number of nitrogen functional groups attached to an aromatic ring is 1. The molecule has 1 aromatic heterocycles. The number of H-pyrrole nitrogens is 1. The van der Waals surface area contributed by atoms with Gasteiger partial charge in [-0.3, -0.25) is 9.89 Å². The first-order chi connectivity index (χ1) is 8.20. The van der Waals surface area contributed by atoms with Crippen LogP contribution in [-0.2, 0) is 6.42 Å². The molecule has 6 nitrogen and oxygen atoms in total. The first kappa shape index (κ1) is 13.5. The van der Waals surface area contributed by atoms with E-state index in [9.17, 15) is 4.79 Å². The zero-order valence-corrected chi connectivity index (χ0v) is 10.1. The fraction of sp³-hybridized carbons (Fsp3) is 0.636. The smallest absolute Gasteiger partial charge is 0.273 e. The van der Waals surface area contributed by atoms with Gasteiger partial charge in [-0.1, -0.05) is 6.92 Å². The molecule has 0 spiro atoms. The number of aromatic nitrogens is 2. The van der Waals surface area contributed by atoms with E-state index in [0.29, 0.717) is 12.2 Å². The quantitative estimate of drug-likeness (QED) is 0.519. The fourth-order valence-electron chi connectivity index (χ4n) is 1.53. The molecule has 0 saturated carbocycles. The van der Waals surface area contributed by atoms with Gasteiger partial charge in [0.1, 0.15) is 0 Å². The van der Waals surface area contributed by atoms with Crippen LogP contribution in [0.5, 0.6) is 0 Å². The molecule has 0 atom stereocenters. The Balaban J connectivity index is 2.39. The summed E-state index contributed by atoms with van der Waals surface area (Å²) in [4.78, 5) is 11.7. The maximum absolute atomic E-state index is 11.7. The number of carbonyl (C=O) groups excluding carboxylic acids is 1. The van der Waals surface area contributed by atoms with Crippen molar-refractivity contribution < 1.29 is 9.90 Å². The van der Waals surface area contributed by atoms with E-state index in [-0.39, 0.29) is 18.2 Å². The molecule has 0 unspecified atom stereocenters. The third kappa shape index (κ3) is 3.74. The summed E-state index contributed by atoms with van der Waals surface area (Å²) in [5.41, 5.74) is 7.26. The monoisotopic (exact) mass is 240 g/mol. The van der Waals surface area contributed by atoms with E-state index in [1.165, 1.54) is 0 Å². The molecule has 0 radical (unpaired) electrons. The molecule has 1 rings (SSSR count). The summed E-state index contributed by atoms with van der Waals surface area (Å²) in [6.07, 6.45) is 3.23. The molecule has 0 aromatic carbocycles. The van der Waals surface area contributed by atoms with Crippen molar-refractivity contribution in [2.75, 3.05) is 18.9 Å². The van der Waals surface area contributed by atoms with E-state index in [0.717, 1.165) is 31.4 Å². The van der Waals surface area contributed by atoms with Gasteiger partial charge in [-0.25, -0.2) is 0 Å². The average Bonchev–Trinajstić information content (AvgIpc) is 2.70. The Morgan fingerprint density at radius 2 is 2.24 bits per heavy atom. The van der Waals surface area contributed by atoms with Gasteiger partial charge in [-0.15, -0.1) is 0 Å². The molecule has 96 valence electrons. The molecule has 0 fully saturated rings. The van der Waals surface area contributed by atoms with Gasteiger partial charge < -0.3 is 16.2 Å². The van der Waals surface area contributed by atoms with Gasteiger partial charge in [0.2, 0.25) is 0 Å². The van der Waals surface area contributed by atoms with Crippen LogP contribution < -0.4 is 11.1 Å². The van der Waals surface area contributed by atoms with E-state index in [2.05, 4.69) is 15.5 Å². The molecular formula is C11H20N4O2. The first-order valence-corrected chi connectivity index (χ1v) is 5.92. The van der Waals surface area contributed by atoms with Crippen molar-refractivity contribution >= 4 is 11.6 Å². The molecule has 5 N–H and O–H groups in total. The summed E-state index contributed by atoms with van der Waals surface area (Å²) in [5, 5.41) is 18.0. The van der Waals surface area contributed by atoms with Crippen molar-refractivity contribution in [3.8, 4) is 0 Å². The molecule has 0 saturated heterocycles. The average molecular weight is 240 g/mol. The molecule has 0 aliphatic rings. The minimum atomic E-state index is -0.248. The Morgan fingerprint density at radius 1 is 1.47 bits per heavy atom. The fourth-order valence-corrected chi connectivity index (χ4v) is 1.53. The number of amides is 1. The Bertz CT molecular complexity index is 362. The lowest BCUT2D eigenvalue weighted by Crippen LogP contribution is -2.25. The minimum Gasteiger partial charge on any atom is -0.396 e. The maximum Gasteiger partial charge on any atom is 0.273 e. The Morgan fingerprint density at radius 3 is 2.82 bits per heavy atom. The Kier molecular flexibility index (Phi) is 5.48. The molecule has 1 heterocycles. The van der Waals surface area contributed by atoms with Crippen LogP contribution in [-0.4, -0.2) is 34.4 Å². The highest BCUT2D eigenvalue weighted by Crippen LogP contribution is 2.13. The highest BCUT2D eigenvalue weighted by molar-refractivity contribution is 5.97. The standard InChI is InChI=1S/C11H20N4O2/c1-2-8-9(12)10(15-14-8)11(17)13-6-4-3-5-7-16/h16H,2-7,12H2,1H3,(H,13,17)(H,14,15). The summed E-state index contributed by atoms with van der Waals surface area (Å²) < 4.78 is 0. The number of aromatic amines is 1. The van der Waals surface area contributed by atoms with Crippen molar-refractivity contribution in [2.24, 2.45) is 0 Å². The Labute approximate surface area is 101 Å². The van der Waals surface area contributed by atoms with Crippen LogP contribution in [0.2, 0.25) is 0 Å². The normalized spacial score (nSPS) is 10.5.